The van der Waals surface area contributed by atoms with Crippen LogP contribution in [0, 0.1) is 11.8 Å². The molecule has 4 atom stereocenters. The number of ketones is 1. The highest BCUT2D eigenvalue weighted by atomic mass is 16.5. The van der Waals surface area contributed by atoms with Gasteiger partial charge in [-0.25, -0.2) is 0 Å². The van der Waals surface area contributed by atoms with Gasteiger partial charge in [-0.2, -0.15) is 0 Å². The van der Waals surface area contributed by atoms with E-state index >= 15 is 0 Å². The summed E-state index contributed by atoms with van der Waals surface area (Å²) in [5.41, 5.74) is -0.284. The molecule has 37 heavy (non-hydrogen) atoms. The first-order valence-corrected chi connectivity index (χ1v) is 11.9. The SMILES string of the molecule is COc1ccccc1NC(=O)[C@@H]1C(=O)C[C@](C)(O)[C@H](C(=O)Nc2ccccc2OC)[C@H]1c1ccccc1. The Hall–Kier alpha value is -4.17. The molecule has 0 bridgehead atoms. The molecule has 0 saturated heterocycles. The average molecular weight is 503 g/mol. The number of benzene rings is 3. The number of aliphatic hydroxyl groups is 1. The summed E-state index contributed by atoms with van der Waals surface area (Å²) >= 11 is 0. The van der Waals surface area contributed by atoms with Crippen LogP contribution in [0.5, 0.6) is 11.5 Å². The molecule has 3 aromatic rings. The van der Waals surface area contributed by atoms with Gasteiger partial charge in [-0.1, -0.05) is 54.6 Å². The number of nitrogens with one attached hydrogen (secondary N) is 2. The van der Waals surface area contributed by atoms with Crippen molar-refractivity contribution in [1.29, 1.82) is 0 Å². The third-order valence-corrected chi connectivity index (χ3v) is 6.75. The van der Waals surface area contributed by atoms with E-state index in [1.165, 1.54) is 21.1 Å². The fourth-order valence-electron chi connectivity index (χ4n) is 5.08. The Bertz CT molecular complexity index is 1290. The maximum absolute atomic E-state index is 13.8. The number of carbonyl (C=O) groups excluding carboxylic acids is 3. The van der Waals surface area contributed by atoms with Crippen molar-refractivity contribution in [2.45, 2.75) is 24.9 Å². The van der Waals surface area contributed by atoms with Crippen molar-refractivity contribution in [3.63, 3.8) is 0 Å². The monoisotopic (exact) mass is 502 g/mol. The molecule has 3 aromatic carbocycles. The minimum absolute atomic E-state index is 0.357. The van der Waals surface area contributed by atoms with Gasteiger partial charge in [0.2, 0.25) is 11.8 Å². The first-order valence-electron chi connectivity index (χ1n) is 11.9. The maximum atomic E-state index is 13.8. The van der Waals surface area contributed by atoms with Crippen LogP contribution >= 0.6 is 0 Å². The zero-order chi connectivity index (χ0) is 26.6. The van der Waals surface area contributed by atoms with Gasteiger partial charge >= 0.3 is 0 Å². The Labute approximate surface area is 215 Å². The molecule has 0 heterocycles. The summed E-state index contributed by atoms with van der Waals surface area (Å²) in [5, 5.41) is 17.1. The number of methoxy groups -OCH3 is 2. The van der Waals surface area contributed by atoms with E-state index in [1.807, 2.05) is 0 Å². The van der Waals surface area contributed by atoms with E-state index in [-0.39, 0.29) is 6.42 Å². The van der Waals surface area contributed by atoms with Crippen LogP contribution in [0.2, 0.25) is 0 Å². The molecule has 0 spiro atoms. The average Bonchev–Trinajstić information content (AvgIpc) is 2.88. The molecule has 192 valence electrons. The minimum atomic E-state index is -1.70. The number of hydrogen-bond acceptors (Lipinski definition) is 6. The Kier molecular flexibility index (Phi) is 7.59. The Morgan fingerprint density at radius 2 is 1.30 bits per heavy atom. The lowest BCUT2D eigenvalue weighted by atomic mass is 9.61. The number of carbonyl (C=O) groups is 3. The van der Waals surface area contributed by atoms with Gasteiger partial charge in [-0.15, -0.1) is 0 Å². The molecular weight excluding hydrogens is 472 g/mol. The molecule has 1 saturated carbocycles. The highest BCUT2D eigenvalue weighted by Gasteiger charge is 2.56. The van der Waals surface area contributed by atoms with Gasteiger partial charge in [0.05, 0.1) is 37.1 Å². The van der Waals surface area contributed by atoms with Crippen LogP contribution in [-0.2, 0) is 14.4 Å². The van der Waals surface area contributed by atoms with Crippen molar-refractivity contribution in [2.24, 2.45) is 11.8 Å². The zero-order valence-electron chi connectivity index (χ0n) is 20.9. The summed E-state index contributed by atoms with van der Waals surface area (Å²) < 4.78 is 10.7. The number of amides is 2. The number of rotatable bonds is 7. The molecular formula is C29H30N2O6. The highest BCUT2D eigenvalue weighted by molar-refractivity contribution is 6.11. The summed E-state index contributed by atoms with van der Waals surface area (Å²) in [4.78, 5) is 40.8. The molecule has 3 N–H and O–H groups in total. The van der Waals surface area contributed by atoms with Gasteiger partial charge < -0.3 is 25.2 Å². The van der Waals surface area contributed by atoms with Gasteiger partial charge in [0.25, 0.3) is 0 Å². The van der Waals surface area contributed by atoms with Crippen LogP contribution in [-0.4, -0.2) is 42.5 Å². The molecule has 0 aliphatic heterocycles. The quantitative estimate of drug-likeness (QED) is 0.421. The van der Waals surface area contributed by atoms with Crippen LogP contribution in [0.3, 0.4) is 0 Å². The van der Waals surface area contributed by atoms with Gasteiger partial charge in [0.1, 0.15) is 23.2 Å². The number of ether oxygens (including phenoxy) is 2. The van der Waals surface area contributed by atoms with Crippen LogP contribution < -0.4 is 20.1 Å². The Morgan fingerprint density at radius 1 is 0.811 bits per heavy atom. The van der Waals surface area contributed by atoms with E-state index in [0.717, 1.165) is 0 Å². The lowest BCUT2D eigenvalue weighted by molar-refractivity contribution is -0.150. The van der Waals surface area contributed by atoms with E-state index in [9.17, 15) is 19.5 Å². The van der Waals surface area contributed by atoms with E-state index in [1.54, 1.807) is 78.9 Å². The molecule has 1 fully saturated rings. The molecule has 2 amide bonds. The molecule has 4 rings (SSSR count). The van der Waals surface area contributed by atoms with Crippen molar-refractivity contribution < 1.29 is 29.0 Å². The third-order valence-electron chi connectivity index (χ3n) is 6.75. The van der Waals surface area contributed by atoms with Crippen molar-refractivity contribution in [2.75, 3.05) is 24.9 Å². The summed E-state index contributed by atoms with van der Waals surface area (Å²) in [6.45, 7) is 1.46. The van der Waals surface area contributed by atoms with Crippen molar-refractivity contribution in [3.05, 3.63) is 84.4 Å². The van der Waals surface area contributed by atoms with Crippen LogP contribution in [0.4, 0.5) is 11.4 Å². The standard InChI is InChI=1S/C29H30N2O6/c1-29(35)17-21(32)25(27(33)30-19-13-7-9-15-22(19)36-2)24(18-11-5-4-6-12-18)26(29)28(34)31-20-14-8-10-16-23(20)37-3/h4-16,24-26,35H,17H2,1-3H3,(H,30,33)(H,31,34)/t24-,25+,26-,29-/m0/s1. The molecule has 8 heteroatoms. The van der Waals surface area contributed by atoms with Crippen molar-refractivity contribution in [3.8, 4) is 11.5 Å². The van der Waals surface area contributed by atoms with Crippen molar-refractivity contribution in [1.82, 2.24) is 0 Å². The lowest BCUT2D eigenvalue weighted by Crippen LogP contribution is -2.56. The van der Waals surface area contributed by atoms with Crippen LogP contribution in [0.15, 0.2) is 78.9 Å². The fraction of sp³-hybridized carbons (Fsp3) is 0.276. The Balaban J connectivity index is 1.76. The van der Waals surface area contributed by atoms with Gasteiger partial charge in [0.15, 0.2) is 0 Å². The molecule has 8 nitrogen and oxygen atoms in total. The first kappa shape index (κ1) is 25.9. The number of anilines is 2. The normalized spacial score (nSPS) is 23.1. The topological polar surface area (TPSA) is 114 Å². The second-order valence-electron chi connectivity index (χ2n) is 9.27. The second kappa shape index (κ2) is 10.8. The van der Waals surface area contributed by atoms with Gasteiger partial charge in [0, 0.05) is 12.3 Å². The number of para-hydroxylation sites is 4. The Morgan fingerprint density at radius 3 is 1.84 bits per heavy atom. The predicted molar refractivity (Wildman–Crippen MR) is 140 cm³/mol. The maximum Gasteiger partial charge on any atom is 0.235 e. The minimum Gasteiger partial charge on any atom is -0.495 e. The summed E-state index contributed by atoms with van der Waals surface area (Å²) in [6.07, 6.45) is -0.357. The van der Waals surface area contributed by atoms with Crippen molar-refractivity contribution >= 4 is 29.0 Å². The molecule has 0 radical (unpaired) electrons. The second-order valence-corrected chi connectivity index (χ2v) is 9.27. The van der Waals surface area contributed by atoms with Crippen LogP contribution in [0.25, 0.3) is 0 Å². The molecule has 1 aliphatic rings. The zero-order valence-corrected chi connectivity index (χ0v) is 20.9. The largest absolute Gasteiger partial charge is 0.495 e. The highest BCUT2D eigenvalue weighted by Crippen LogP contribution is 2.47. The molecule has 1 aliphatic carbocycles. The van der Waals surface area contributed by atoms with E-state index in [2.05, 4.69) is 10.6 Å². The van der Waals surface area contributed by atoms with Gasteiger partial charge in [-0.3, -0.25) is 14.4 Å². The van der Waals surface area contributed by atoms with E-state index in [0.29, 0.717) is 28.4 Å². The molecule has 0 aromatic heterocycles. The van der Waals surface area contributed by atoms with E-state index < -0.39 is 41.0 Å². The van der Waals surface area contributed by atoms with E-state index in [4.69, 9.17) is 9.47 Å². The predicted octanol–water partition coefficient (Wildman–Crippen LogP) is 4.02. The summed E-state index contributed by atoms with van der Waals surface area (Å²) in [7, 11) is 2.98. The summed E-state index contributed by atoms with van der Waals surface area (Å²) in [5.74, 6) is -3.93. The lowest BCUT2D eigenvalue weighted by Gasteiger charge is -2.44. The number of Topliss-reactive ketones (excluding diaryl/α,β-unsaturated/α-hetero) is 1. The van der Waals surface area contributed by atoms with Crippen LogP contribution in [0.1, 0.15) is 24.8 Å². The first-order chi connectivity index (χ1) is 17.8. The fourth-order valence-corrected chi connectivity index (χ4v) is 5.08. The summed E-state index contributed by atoms with van der Waals surface area (Å²) in [6, 6.07) is 22.6. The molecule has 0 unspecified atom stereocenters. The third kappa shape index (κ3) is 5.34. The number of hydrogen-bond donors (Lipinski definition) is 3. The smallest absolute Gasteiger partial charge is 0.235 e. The van der Waals surface area contributed by atoms with Gasteiger partial charge in [-0.05, 0) is 36.8 Å².